The predicted octanol–water partition coefficient (Wildman–Crippen LogP) is 3.01. The van der Waals surface area contributed by atoms with Crippen molar-refractivity contribution in [3.63, 3.8) is 0 Å². The average Bonchev–Trinajstić information content (AvgIpc) is 2.64. The van der Waals surface area contributed by atoms with E-state index in [1.54, 1.807) is 0 Å². The number of hydrogen-bond acceptors (Lipinski definition) is 3. The van der Waals surface area contributed by atoms with Crippen molar-refractivity contribution >= 4 is 29.9 Å². The highest BCUT2D eigenvalue weighted by Gasteiger charge is 2.18. The number of aliphatic imine (C=N–C) groups is 1. The molecule has 0 spiro atoms. The molecule has 0 radical (unpaired) electrons. The van der Waals surface area contributed by atoms with Gasteiger partial charge in [0.25, 0.3) is 0 Å². The number of likely N-dealkylation sites (tertiary alicyclic amines) is 2. The lowest BCUT2D eigenvalue weighted by molar-refractivity contribution is 0.186. The fourth-order valence-electron chi connectivity index (χ4n) is 3.94. The standard InChI is InChI=1S/C20H41N5.HI/c1-4-21-20(23-16-19-8-6-12-24(5-2)17-19)22-11-7-13-25-14-9-18(3)10-15-25;/h18-19H,4-17H2,1-3H3,(H2,21,22,23);1H. The highest BCUT2D eigenvalue weighted by Crippen LogP contribution is 2.16. The number of halogens is 1. The summed E-state index contributed by atoms with van der Waals surface area (Å²) in [5, 5.41) is 6.94. The Bertz CT molecular complexity index is 382. The van der Waals surface area contributed by atoms with Crippen LogP contribution in [-0.4, -0.2) is 74.7 Å². The van der Waals surface area contributed by atoms with E-state index in [2.05, 4.69) is 41.2 Å². The number of guanidine groups is 1. The Hall–Kier alpha value is -0.0800. The van der Waals surface area contributed by atoms with Crippen molar-refractivity contribution in [1.82, 2.24) is 20.4 Å². The molecule has 5 nitrogen and oxygen atoms in total. The van der Waals surface area contributed by atoms with Gasteiger partial charge in [0.2, 0.25) is 0 Å². The van der Waals surface area contributed by atoms with Gasteiger partial charge < -0.3 is 20.4 Å². The molecule has 0 bridgehead atoms. The molecule has 0 aromatic heterocycles. The zero-order valence-corrected chi connectivity index (χ0v) is 19.6. The minimum atomic E-state index is 0. The van der Waals surface area contributed by atoms with Crippen LogP contribution in [0.25, 0.3) is 0 Å². The zero-order valence-electron chi connectivity index (χ0n) is 17.3. The first-order valence-electron chi connectivity index (χ1n) is 10.7. The Labute approximate surface area is 178 Å². The van der Waals surface area contributed by atoms with E-state index in [-0.39, 0.29) is 24.0 Å². The molecule has 154 valence electrons. The second-order valence-electron chi connectivity index (χ2n) is 7.93. The van der Waals surface area contributed by atoms with E-state index in [0.29, 0.717) is 0 Å². The molecule has 0 amide bonds. The highest BCUT2D eigenvalue weighted by atomic mass is 127. The largest absolute Gasteiger partial charge is 0.357 e. The van der Waals surface area contributed by atoms with E-state index in [1.165, 1.54) is 71.4 Å². The summed E-state index contributed by atoms with van der Waals surface area (Å²) in [7, 11) is 0. The summed E-state index contributed by atoms with van der Waals surface area (Å²) in [4.78, 5) is 10.0. The number of hydrogen-bond donors (Lipinski definition) is 2. The molecule has 2 saturated heterocycles. The van der Waals surface area contributed by atoms with Crippen LogP contribution < -0.4 is 10.6 Å². The van der Waals surface area contributed by atoms with Crippen molar-refractivity contribution in [1.29, 1.82) is 0 Å². The summed E-state index contributed by atoms with van der Waals surface area (Å²) in [6.07, 6.45) is 6.59. The van der Waals surface area contributed by atoms with Crippen LogP contribution in [0.1, 0.15) is 52.9 Å². The Balaban J connectivity index is 0.00000338. The van der Waals surface area contributed by atoms with Gasteiger partial charge in [-0.1, -0.05) is 13.8 Å². The van der Waals surface area contributed by atoms with E-state index in [1.807, 2.05) is 0 Å². The lowest BCUT2D eigenvalue weighted by atomic mass is 9.98. The highest BCUT2D eigenvalue weighted by molar-refractivity contribution is 14.0. The zero-order chi connectivity index (χ0) is 17.9. The SMILES string of the molecule is CCNC(=NCC1CCCN(CC)C1)NCCCN1CCC(C)CC1.I. The Kier molecular flexibility index (Phi) is 12.9. The fraction of sp³-hybridized carbons (Fsp3) is 0.950. The van der Waals surface area contributed by atoms with E-state index in [0.717, 1.165) is 37.4 Å². The number of piperidine rings is 2. The van der Waals surface area contributed by atoms with Crippen molar-refractivity contribution in [2.45, 2.75) is 52.9 Å². The third kappa shape index (κ3) is 9.22. The molecule has 0 aromatic carbocycles. The summed E-state index contributed by atoms with van der Waals surface area (Å²) in [6.45, 7) is 17.1. The van der Waals surface area contributed by atoms with Crippen LogP contribution in [-0.2, 0) is 0 Å². The van der Waals surface area contributed by atoms with Gasteiger partial charge in [0.15, 0.2) is 5.96 Å². The summed E-state index contributed by atoms with van der Waals surface area (Å²) < 4.78 is 0. The van der Waals surface area contributed by atoms with E-state index < -0.39 is 0 Å². The molecule has 2 fully saturated rings. The van der Waals surface area contributed by atoms with E-state index in [4.69, 9.17) is 4.99 Å². The minimum absolute atomic E-state index is 0. The molecule has 2 aliphatic rings. The predicted molar refractivity (Wildman–Crippen MR) is 124 cm³/mol. The van der Waals surface area contributed by atoms with Gasteiger partial charge >= 0.3 is 0 Å². The van der Waals surface area contributed by atoms with Crippen LogP contribution in [0.2, 0.25) is 0 Å². The van der Waals surface area contributed by atoms with Gasteiger partial charge in [-0.25, -0.2) is 0 Å². The molecule has 1 unspecified atom stereocenters. The van der Waals surface area contributed by atoms with Crippen molar-refractivity contribution in [3.8, 4) is 0 Å². The molecule has 0 saturated carbocycles. The van der Waals surface area contributed by atoms with Crippen LogP contribution >= 0.6 is 24.0 Å². The molecule has 2 aliphatic heterocycles. The lowest BCUT2D eigenvalue weighted by Gasteiger charge is -2.31. The van der Waals surface area contributed by atoms with Crippen molar-refractivity contribution in [2.24, 2.45) is 16.8 Å². The number of nitrogens with one attached hydrogen (secondary N) is 2. The minimum Gasteiger partial charge on any atom is -0.357 e. The number of nitrogens with zero attached hydrogens (tertiary/aromatic N) is 3. The first-order chi connectivity index (χ1) is 12.2. The second kappa shape index (κ2) is 14.0. The Morgan fingerprint density at radius 3 is 2.50 bits per heavy atom. The molecule has 2 heterocycles. The summed E-state index contributed by atoms with van der Waals surface area (Å²) in [6, 6.07) is 0. The van der Waals surface area contributed by atoms with E-state index >= 15 is 0 Å². The van der Waals surface area contributed by atoms with Crippen LogP contribution in [0.15, 0.2) is 4.99 Å². The maximum atomic E-state index is 4.85. The van der Waals surface area contributed by atoms with Gasteiger partial charge in [0, 0.05) is 26.2 Å². The van der Waals surface area contributed by atoms with Crippen molar-refractivity contribution < 1.29 is 0 Å². The molecule has 0 aromatic rings. The Morgan fingerprint density at radius 2 is 1.81 bits per heavy atom. The maximum Gasteiger partial charge on any atom is 0.191 e. The second-order valence-corrected chi connectivity index (χ2v) is 7.93. The number of rotatable bonds is 8. The van der Waals surface area contributed by atoms with Crippen LogP contribution in [0, 0.1) is 11.8 Å². The van der Waals surface area contributed by atoms with Gasteiger partial charge in [-0.2, -0.15) is 0 Å². The van der Waals surface area contributed by atoms with Gasteiger partial charge in [0.05, 0.1) is 0 Å². The molecular weight excluding hydrogens is 437 g/mol. The van der Waals surface area contributed by atoms with Gasteiger partial charge in [0.1, 0.15) is 0 Å². The lowest BCUT2D eigenvalue weighted by Crippen LogP contribution is -2.41. The summed E-state index contributed by atoms with van der Waals surface area (Å²) in [5.74, 6) is 2.65. The topological polar surface area (TPSA) is 42.9 Å². The maximum absolute atomic E-state index is 4.85. The van der Waals surface area contributed by atoms with E-state index in [9.17, 15) is 0 Å². The fourth-order valence-corrected chi connectivity index (χ4v) is 3.94. The molecule has 1 atom stereocenters. The summed E-state index contributed by atoms with van der Waals surface area (Å²) >= 11 is 0. The van der Waals surface area contributed by atoms with Crippen molar-refractivity contribution in [3.05, 3.63) is 0 Å². The average molecular weight is 479 g/mol. The smallest absolute Gasteiger partial charge is 0.191 e. The molecule has 2 N–H and O–H groups in total. The van der Waals surface area contributed by atoms with Crippen LogP contribution in [0.5, 0.6) is 0 Å². The molecule has 0 aliphatic carbocycles. The molecule has 2 rings (SSSR count). The monoisotopic (exact) mass is 479 g/mol. The van der Waals surface area contributed by atoms with Crippen LogP contribution in [0.3, 0.4) is 0 Å². The first kappa shape index (κ1) is 24.0. The third-order valence-electron chi connectivity index (χ3n) is 5.72. The summed E-state index contributed by atoms with van der Waals surface area (Å²) in [5.41, 5.74) is 0. The third-order valence-corrected chi connectivity index (χ3v) is 5.72. The quantitative estimate of drug-likeness (QED) is 0.243. The Morgan fingerprint density at radius 1 is 1.04 bits per heavy atom. The van der Waals surface area contributed by atoms with Gasteiger partial charge in [-0.05, 0) is 83.6 Å². The molecular formula is C20H42IN5. The van der Waals surface area contributed by atoms with Crippen LogP contribution in [0.4, 0.5) is 0 Å². The van der Waals surface area contributed by atoms with Gasteiger partial charge in [-0.15, -0.1) is 24.0 Å². The normalized spacial score (nSPS) is 23.5. The molecule has 26 heavy (non-hydrogen) atoms. The van der Waals surface area contributed by atoms with Crippen molar-refractivity contribution in [2.75, 3.05) is 58.9 Å². The molecule has 6 heteroatoms. The first-order valence-corrected chi connectivity index (χ1v) is 10.7. The van der Waals surface area contributed by atoms with Gasteiger partial charge in [-0.3, -0.25) is 4.99 Å².